The van der Waals surface area contributed by atoms with E-state index < -0.39 is 5.60 Å². The molecule has 0 atom stereocenters. The monoisotopic (exact) mass is 267 g/mol. The predicted octanol–water partition coefficient (Wildman–Crippen LogP) is 2.36. The normalized spacial score (nSPS) is 11.4. The molecule has 19 heavy (non-hydrogen) atoms. The Morgan fingerprint density at radius 1 is 1.47 bits per heavy atom. The second-order valence-corrected chi connectivity index (χ2v) is 5.65. The van der Waals surface area contributed by atoms with Crippen LogP contribution < -0.4 is 5.32 Å². The molecule has 2 N–H and O–H groups in total. The zero-order valence-electron chi connectivity index (χ0n) is 12.3. The highest BCUT2D eigenvalue weighted by molar-refractivity contribution is 5.67. The molecule has 0 aromatic carbocycles. The van der Waals surface area contributed by atoms with E-state index in [1.165, 1.54) is 5.56 Å². The maximum Gasteiger partial charge on any atom is 0.410 e. The maximum absolute atomic E-state index is 11.7. The Hall–Kier alpha value is -1.49. The van der Waals surface area contributed by atoms with Crippen molar-refractivity contribution in [3.8, 4) is 0 Å². The van der Waals surface area contributed by atoms with Crippen LogP contribution in [0.3, 0.4) is 0 Å². The first kappa shape index (κ1) is 15.6. The third-order valence-corrected chi connectivity index (χ3v) is 2.54. The number of amides is 1. The Bertz CT molecular complexity index is 369. The van der Waals surface area contributed by atoms with Gasteiger partial charge in [-0.25, -0.2) is 4.79 Å². The first-order valence-electron chi connectivity index (χ1n) is 6.65. The molecule has 1 heterocycles. The standard InChI is InChI=1S/C14H25N3O2/c1-14(2,3)19-13(18)17(4)9-5-7-15-10-12-6-8-16-11-12/h6,8,11,15-16H,5,7,9-10H2,1-4H3. The fraction of sp³-hybridized carbons (Fsp3) is 0.643. The lowest BCUT2D eigenvalue weighted by molar-refractivity contribution is 0.0297. The summed E-state index contributed by atoms with van der Waals surface area (Å²) in [6.07, 6.45) is 4.52. The number of nitrogens with zero attached hydrogens (tertiary/aromatic N) is 1. The number of hydrogen-bond acceptors (Lipinski definition) is 3. The van der Waals surface area contributed by atoms with Gasteiger partial charge in [0.15, 0.2) is 0 Å². The summed E-state index contributed by atoms with van der Waals surface area (Å²) in [5, 5.41) is 3.33. The summed E-state index contributed by atoms with van der Waals surface area (Å²) in [6, 6.07) is 2.04. The number of hydrogen-bond donors (Lipinski definition) is 2. The SMILES string of the molecule is CN(CCCNCc1cc[nH]c1)C(=O)OC(C)(C)C. The van der Waals surface area contributed by atoms with Crippen LogP contribution in [0, 0.1) is 0 Å². The van der Waals surface area contributed by atoms with Gasteiger partial charge in [0.05, 0.1) is 0 Å². The first-order chi connectivity index (χ1) is 8.88. The molecule has 1 aromatic rings. The number of ether oxygens (including phenoxy) is 1. The molecule has 0 aliphatic carbocycles. The highest BCUT2D eigenvalue weighted by atomic mass is 16.6. The van der Waals surface area contributed by atoms with Crippen LogP contribution >= 0.6 is 0 Å². The van der Waals surface area contributed by atoms with Gasteiger partial charge in [0.1, 0.15) is 5.60 Å². The van der Waals surface area contributed by atoms with Crippen LogP contribution in [0.25, 0.3) is 0 Å². The maximum atomic E-state index is 11.7. The van der Waals surface area contributed by atoms with Gasteiger partial charge < -0.3 is 19.9 Å². The van der Waals surface area contributed by atoms with E-state index in [9.17, 15) is 4.79 Å². The molecular weight excluding hydrogens is 242 g/mol. The average molecular weight is 267 g/mol. The van der Waals surface area contributed by atoms with Crippen LogP contribution in [-0.2, 0) is 11.3 Å². The molecule has 1 rings (SSSR count). The van der Waals surface area contributed by atoms with Crippen LogP contribution in [0.15, 0.2) is 18.5 Å². The highest BCUT2D eigenvalue weighted by Crippen LogP contribution is 2.09. The van der Waals surface area contributed by atoms with Crippen LogP contribution in [-0.4, -0.2) is 41.7 Å². The lowest BCUT2D eigenvalue weighted by Crippen LogP contribution is -2.35. The Labute approximate surface area is 115 Å². The summed E-state index contributed by atoms with van der Waals surface area (Å²) in [6.45, 7) is 8.03. The molecular formula is C14H25N3O2. The molecule has 0 saturated heterocycles. The van der Waals surface area contributed by atoms with Gasteiger partial charge in [-0.15, -0.1) is 0 Å². The van der Waals surface area contributed by atoms with Crippen molar-refractivity contribution in [2.75, 3.05) is 20.1 Å². The zero-order chi connectivity index (χ0) is 14.3. The fourth-order valence-electron chi connectivity index (χ4n) is 1.57. The molecule has 0 spiro atoms. The summed E-state index contributed by atoms with van der Waals surface area (Å²) < 4.78 is 5.28. The molecule has 108 valence electrons. The lowest BCUT2D eigenvalue weighted by Gasteiger charge is -2.24. The number of carbonyl (C=O) groups excluding carboxylic acids is 1. The summed E-state index contributed by atoms with van der Waals surface area (Å²) in [4.78, 5) is 16.3. The van der Waals surface area contributed by atoms with Crippen molar-refractivity contribution in [1.82, 2.24) is 15.2 Å². The second kappa shape index (κ2) is 7.19. The smallest absolute Gasteiger partial charge is 0.410 e. The van der Waals surface area contributed by atoms with Gasteiger partial charge in [0.2, 0.25) is 0 Å². The predicted molar refractivity (Wildman–Crippen MR) is 76.0 cm³/mol. The van der Waals surface area contributed by atoms with Gasteiger partial charge in [-0.2, -0.15) is 0 Å². The Kier molecular flexibility index (Phi) is 5.89. The molecule has 0 fully saturated rings. The van der Waals surface area contributed by atoms with Crippen LogP contribution in [0.1, 0.15) is 32.8 Å². The van der Waals surface area contributed by atoms with Crippen LogP contribution in [0.2, 0.25) is 0 Å². The Balaban J connectivity index is 2.10. The quantitative estimate of drug-likeness (QED) is 0.778. The average Bonchev–Trinajstić information content (AvgIpc) is 2.79. The number of H-pyrrole nitrogens is 1. The Morgan fingerprint density at radius 3 is 2.79 bits per heavy atom. The van der Waals surface area contributed by atoms with Gasteiger partial charge in [0.25, 0.3) is 0 Å². The molecule has 5 nitrogen and oxygen atoms in total. The first-order valence-corrected chi connectivity index (χ1v) is 6.65. The molecule has 0 aliphatic heterocycles. The van der Waals surface area contributed by atoms with E-state index in [-0.39, 0.29) is 6.09 Å². The van der Waals surface area contributed by atoms with Crippen molar-refractivity contribution in [1.29, 1.82) is 0 Å². The molecule has 0 bridgehead atoms. The minimum Gasteiger partial charge on any atom is -0.444 e. The number of rotatable bonds is 6. The zero-order valence-corrected chi connectivity index (χ0v) is 12.3. The summed E-state index contributed by atoms with van der Waals surface area (Å²) in [5.74, 6) is 0. The largest absolute Gasteiger partial charge is 0.444 e. The fourth-order valence-corrected chi connectivity index (χ4v) is 1.57. The number of aromatic nitrogens is 1. The third-order valence-electron chi connectivity index (χ3n) is 2.54. The van der Waals surface area contributed by atoms with E-state index >= 15 is 0 Å². The highest BCUT2D eigenvalue weighted by Gasteiger charge is 2.18. The molecule has 0 saturated carbocycles. The summed E-state index contributed by atoms with van der Waals surface area (Å²) in [5.41, 5.74) is 0.804. The third kappa shape index (κ3) is 6.86. The Morgan fingerprint density at radius 2 is 2.21 bits per heavy atom. The van der Waals surface area contributed by atoms with Crippen molar-refractivity contribution in [3.63, 3.8) is 0 Å². The van der Waals surface area contributed by atoms with Crippen LogP contribution in [0.5, 0.6) is 0 Å². The summed E-state index contributed by atoms with van der Waals surface area (Å²) in [7, 11) is 1.76. The van der Waals surface area contributed by atoms with Crippen molar-refractivity contribution in [3.05, 3.63) is 24.0 Å². The van der Waals surface area contributed by atoms with Crippen molar-refractivity contribution < 1.29 is 9.53 Å². The van der Waals surface area contributed by atoms with Gasteiger partial charge >= 0.3 is 6.09 Å². The lowest BCUT2D eigenvalue weighted by atomic mass is 10.2. The van der Waals surface area contributed by atoms with Gasteiger partial charge in [-0.1, -0.05) is 0 Å². The topological polar surface area (TPSA) is 57.4 Å². The van der Waals surface area contributed by atoms with Crippen molar-refractivity contribution in [2.24, 2.45) is 0 Å². The van der Waals surface area contributed by atoms with E-state index in [4.69, 9.17) is 4.74 Å². The molecule has 1 amide bonds. The second-order valence-electron chi connectivity index (χ2n) is 5.65. The van der Waals surface area contributed by atoms with Gasteiger partial charge in [0, 0.05) is 32.5 Å². The molecule has 0 unspecified atom stereocenters. The summed E-state index contributed by atoms with van der Waals surface area (Å²) >= 11 is 0. The van der Waals surface area contributed by atoms with Crippen molar-refractivity contribution in [2.45, 2.75) is 39.3 Å². The van der Waals surface area contributed by atoms with E-state index in [1.54, 1.807) is 11.9 Å². The van der Waals surface area contributed by atoms with Gasteiger partial charge in [-0.3, -0.25) is 0 Å². The van der Waals surface area contributed by atoms with E-state index in [2.05, 4.69) is 10.3 Å². The van der Waals surface area contributed by atoms with E-state index in [1.807, 2.05) is 39.2 Å². The van der Waals surface area contributed by atoms with Crippen molar-refractivity contribution >= 4 is 6.09 Å². The minimum absolute atomic E-state index is 0.266. The molecule has 0 aliphatic rings. The van der Waals surface area contributed by atoms with E-state index in [0.717, 1.165) is 19.5 Å². The van der Waals surface area contributed by atoms with Gasteiger partial charge in [-0.05, 0) is 45.4 Å². The van der Waals surface area contributed by atoms with E-state index in [0.29, 0.717) is 6.54 Å². The number of nitrogens with one attached hydrogen (secondary N) is 2. The molecule has 5 heteroatoms. The number of aromatic amines is 1. The minimum atomic E-state index is -0.433. The number of carbonyl (C=O) groups is 1. The van der Waals surface area contributed by atoms with Crippen LogP contribution in [0.4, 0.5) is 4.79 Å². The molecule has 0 radical (unpaired) electrons. The molecule has 1 aromatic heterocycles.